The molecule has 0 unspecified atom stereocenters. The van der Waals surface area contributed by atoms with Gasteiger partial charge >= 0.3 is 5.69 Å². The molecule has 0 aliphatic carbocycles. The Kier molecular flexibility index (Phi) is 3.36. The van der Waals surface area contributed by atoms with Crippen molar-refractivity contribution in [2.45, 2.75) is 6.54 Å². The van der Waals surface area contributed by atoms with Crippen LogP contribution in [-0.4, -0.2) is 9.55 Å². The summed E-state index contributed by atoms with van der Waals surface area (Å²) in [7, 11) is 0. The summed E-state index contributed by atoms with van der Waals surface area (Å²) in [5.41, 5.74) is -0.282. The lowest BCUT2D eigenvalue weighted by Gasteiger charge is -2.08. The molecule has 0 fully saturated rings. The van der Waals surface area contributed by atoms with Crippen LogP contribution in [0.4, 0.5) is 0 Å². The van der Waals surface area contributed by atoms with E-state index in [2.05, 4.69) is 4.98 Å². The molecule has 2 rings (SSSR count). The minimum absolute atomic E-state index is 0.216. The number of aromatic amines is 1. The van der Waals surface area contributed by atoms with Crippen molar-refractivity contribution < 1.29 is 0 Å². The number of rotatable bonds is 2. The number of halogens is 2. The molecule has 0 bridgehead atoms. The van der Waals surface area contributed by atoms with Crippen LogP contribution in [0.25, 0.3) is 0 Å². The molecule has 0 atom stereocenters. The molecule has 1 heterocycles. The quantitative estimate of drug-likeness (QED) is 0.906. The van der Waals surface area contributed by atoms with E-state index < -0.39 is 11.2 Å². The smallest absolute Gasteiger partial charge is 0.296 e. The molecule has 1 aromatic heterocycles. The number of hydrogen-bond donors (Lipinski definition) is 1. The van der Waals surface area contributed by atoms with Gasteiger partial charge in [0.05, 0.1) is 6.54 Å². The lowest BCUT2D eigenvalue weighted by atomic mass is 10.2. The first-order chi connectivity index (χ1) is 8.08. The third-order valence-corrected chi connectivity index (χ3v) is 3.00. The Balaban J connectivity index is 2.45. The Morgan fingerprint density at radius 2 is 1.76 bits per heavy atom. The molecule has 0 radical (unpaired) electrons. The Hall–Kier alpha value is -1.52. The van der Waals surface area contributed by atoms with Crippen LogP contribution in [0.15, 0.2) is 40.1 Å². The van der Waals surface area contributed by atoms with Gasteiger partial charge in [0.25, 0.3) is 5.56 Å². The average molecular weight is 271 g/mol. The summed E-state index contributed by atoms with van der Waals surface area (Å²) < 4.78 is 1.33. The van der Waals surface area contributed by atoms with Gasteiger partial charge in [0, 0.05) is 27.9 Å². The van der Waals surface area contributed by atoms with Gasteiger partial charge in [-0.15, -0.1) is 0 Å². The fourth-order valence-corrected chi connectivity index (χ4v) is 1.94. The zero-order chi connectivity index (χ0) is 12.4. The van der Waals surface area contributed by atoms with Crippen LogP contribution in [0.5, 0.6) is 0 Å². The molecule has 0 aliphatic rings. The minimum Gasteiger partial charge on any atom is -0.296 e. The summed E-state index contributed by atoms with van der Waals surface area (Å²) in [4.78, 5) is 24.6. The zero-order valence-corrected chi connectivity index (χ0v) is 10.1. The summed E-state index contributed by atoms with van der Waals surface area (Å²) in [6.45, 7) is 0.216. The summed E-state index contributed by atoms with van der Waals surface area (Å²) >= 11 is 12.0. The van der Waals surface area contributed by atoms with Crippen LogP contribution >= 0.6 is 23.2 Å². The van der Waals surface area contributed by atoms with Crippen molar-refractivity contribution in [3.63, 3.8) is 0 Å². The minimum atomic E-state index is -0.492. The number of benzene rings is 1. The van der Waals surface area contributed by atoms with E-state index in [1.54, 1.807) is 18.2 Å². The maximum absolute atomic E-state index is 11.5. The highest BCUT2D eigenvalue weighted by Gasteiger charge is 2.07. The van der Waals surface area contributed by atoms with Crippen LogP contribution < -0.4 is 11.2 Å². The van der Waals surface area contributed by atoms with Crippen molar-refractivity contribution in [2.24, 2.45) is 0 Å². The standard InChI is InChI=1S/C11H8Cl2N2O2/c12-8-2-1-3-9(13)7(8)6-15-5-4-10(16)14-11(15)17/h1-5H,6H2,(H,14,16,17). The Labute approximate surface area is 106 Å². The van der Waals surface area contributed by atoms with E-state index in [1.807, 2.05) is 0 Å². The molecular formula is C11H8Cl2N2O2. The molecule has 0 aliphatic heterocycles. The largest absolute Gasteiger partial charge is 0.328 e. The predicted octanol–water partition coefficient (Wildman–Crippen LogP) is 1.89. The fourth-order valence-electron chi connectivity index (χ4n) is 1.42. The second-order valence-corrected chi connectivity index (χ2v) is 4.25. The van der Waals surface area contributed by atoms with Crippen molar-refractivity contribution in [3.05, 3.63) is 66.9 Å². The summed E-state index contributed by atoms with van der Waals surface area (Å²) in [6, 6.07) is 6.38. The topological polar surface area (TPSA) is 54.9 Å². The third-order valence-electron chi connectivity index (χ3n) is 2.29. The fraction of sp³-hybridized carbons (Fsp3) is 0.0909. The average Bonchev–Trinajstić information content (AvgIpc) is 2.26. The van der Waals surface area contributed by atoms with Gasteiger partial charge in [-0.3, -0.25) is 14.3 Å². The van der Waals surface area contributed by atoms with Gasteiger partial charge in [-0.05, 0) is 12.1 Å². The first kappa shape index (κ1) is 12.0. The number of H-pyrrole nitrogens is 1. The maximum Gasteiger partial charge on any atom is 0.328 e. The van der Waals surface area contributed by atoms with Gasteiger partial charge in [-0.2, -0.15) is 0 Å². The highest BCUT2D eigenvalue weighted by molar-refractivity contribution is 6.35. The molecular weight excluding hydrogens is 263 g/mol. The molecule has 0 saturated carbocycles. The molecule has 1 aromatic carbocycles. The highest BCUT2D eigenvalue weighted by atomic mass is 35.5. The summed E-state index contributed by atoms with van der Waals surface area (Å²) in [6.07, 6.45) is 1.40. The molecule has 1 N–H and O–H groups in total. The zero-order valence-electron chi connectivity index (χ0n) is 8.61. The van der Waals surface area contributed by atoms with Gasteiger partial charge in [0.2, 0.25) is 0 Å². The van der Waals surface area contributed by atoms with Gasteiger partial charge in [-0.25, -0.2) is 4.79 Å². The number of aromatic nitrogens is 2. The van der Waals surface area contributed by atoms with Crippen molar-refractivity contribution in [1.29, 1.82) is 0 Å². The van der Waals surface area contributed by atoms with Gasteiger partial charge in [0.1, 0.15) is 0 Å². The lowest BCUT2D eigenvalue weighted by Crippen LogP contribution is -2.29. The summed E-state index contributed by atoms with van der Waals surface area (Å²) in [5, 5.41) is 0.964. The van der Waals surface area contributed by atoms with E-state index in [1.165, 1.54) is 16.8 Å². The second kappa shape index (κ2) is 4.77. The lowest BCUT2D eigenvalue weighted by molar-refractivity contribution is 0.721. The van der Waals surface area contributed by atoms with E-state index in [9.17, 15) is 9.59 Å². The van der Waals surface area contributed by atoms with E-state index >= 15 is 0 Å². The monoisotopic (exact) mass is 270 g/mol. The SMILES string of the molecule is O=c1ccn(Cc2c(Cl)cccc2Cl)c(=O)[nH]1. The first-order valence-electron chi connectivity index (χ1n) is 4.80. The first-order valence-corrected chi connectivity index (χ1v) is 5.56. The Bertz CT molecular complexity index is 641. The van der Waals surface area contributed by atoms with Gasteiger partial charge in [0.15, 0.2) is 0 Å². The predicted molar refractivity (Wildman–Crippen MR) is 66.9 cm³/mol. The second-order valence-electron chi connectivity index (χ2n) is 3.44. The van der Waals surface area contributed by atoms with Gasteiger partial charge < -0.3 is 0 Å². The molecule has 4 nitrogen and oxygen atoms in total. The van der Waals surface area contributed by atoms with Crippen LogP contribution in [-0.2, 0) is 6.54 Å². The number of nitrogens with one attached hydrogen (secondary N) is 1. The maximum atomic E-state index is 11.5. The van der Waals surface area contributed by atoms with Crippen molar-refractivity contribution >= 4 is 23.2 Å². The van der Waals surface area contributed by atoms with Crippen LogP contribution in [0.1, 0.15) is 5.56 Å². The normalized spacial score (nSPS) is 10.5. The Morgan fingerprint density at radius 1 is 1.12 bits per heavy atom. The van der Waals surface area contributed by atoms with Crippen LogP contribution in [0, 0.1) is 0 Å². The van der Waals surface area contributed by atoms with Crippen molar-refractivity contribution in [1.82, 2.24) is 9.55 Å². The van der Waals surface area contributed by atoms with E-state index in [0.717, 1.165) is 0 Å². The van der Waals surface area contributed by atoms with Crippen LogP contribution in [0.2, 0.25) is 10.0 Å². The molecule has 0 saturated heterocycles. The van der Waals surface area contributed by atoms with E-state index in [0.29, 0.717) is 15.6 Å². The number of hydrogen-bond acceptors (Lipinski definition) is 2. The van der Waals surface area contributed by atoms with Crippen molar-refractivity contribution in [2.75, 3.05) is 0 Å². The third kappa shape index (κ3) is 2.60. The molecule has 88 valence electrons. The molecule has 0 spiro atoms. The molecule has 17 heavy (non-hydrogen) atoms. The molecule has 2 aromatic rings. The number of nitrogens with zero attached hydrogens (tertiary/aromatic N) is 1. The van der Waals surface area contributed by atoms with Gasteiger partial charge in [-0.1, -0.05) is 29.3 Å². The molecule has 6 heteroatoms. The molecule has 0 amide bonds. The Morgan fingerprint density at radius 3 is 2.35 bits per heavy atom. The summed E-state index contributed by atoms with van der Waals surface area (Å²) in [5.74, 6) is 0. The van der Waals surface area contributed by atoms with Crippen LogP contribution in [0.3, 0.4) is 0 Å². The van der Waals surface area contributed by atoms with Crippen molar-refractivity contribution in [3.8, 4) is 0 Å². The highest BCUT2D eigenvalue weighted by Crippen LogP contribution is 2.24. The van der Waals surface area contributed by atoms with E-state index in [-0.39, 0.29) is 6.54 Å². The van der Waals surface area contributed by atoms with E-state index in [4.69, 9.17) is 23.2 Å².